The van der Waals surface area contributed by atoms with Crippen LogP contribution in [-0.2, 0) is 5.41 Å². The van der Waals surface area contributed by atoms with Crippen molar-refractivity contribution in [2.45, 2.75) is 19.3 Å². The average molecular weight is 679 g/mol. The minimum absolute atomic E-state index is 0.104. The Bertz CT molecular complexity index is 2750. The van der Waals surface area contributed by atoms with Gasteiger partial charge in [-0.3, -0.25) is 0 Å². The molecule has 0 bridgehead atoms. The smallest absolute Gasteiger partial charge is 0.0541 e. The summed E-state index contributed by atoms with van der Waals surface area (Å²) in [4.78, 5) is 2.43. The van der Waals surface area contributed by atoms with Crippen molar-refractivity contribution in [3.63, 3.8) is 0 Å². The molecule has 2 heteroatoms. The van der Waals surface area contributed by atoms with Gasteiger partial charge in [0.25, 0.3) is 0 Å². The summed E-state index contributed by atoms with van der Waals surface area (Å²) in [7, 11) is 0. The van der Waals surface area contributed by atoms with Crippen molar-refractivity contribution in [1.29, 1.82) is 0 Å². The summed E-state index contributed by atoms with van der Waals surface area (Å²) in [6, 6.07) is 70.8. The van der Waals surface area contributed by atoms with Gasteiger partial charge in [-0.15, -0.1) is 0 Å². The SMILES string of the molecule is CC1(C)c2ccccc2-c2ccc(N(c3ccccc3)c3ccc(-c4ccccc4-n4c5ccccc5c5ccccc54)cc3-c3ccccc3)cc21. The van der Waals surface area contributed by atoms with E-state index >= 15 is 0 Å². The van der Waals surface area contributed by atoms with Gasteiger partial charge in [0.1, 0.15) is 0 Å². The molecule has 1 aromatic heterocycles. The van der Waals surface area contributed by atoms with Crippen molar-refractivity contribution in [2.24, 2.45) is 0 Å². The standard InChI is InChI=1S/C51H38N2/c1-51(2)45-25-13-9-22-40(45)41-31-30-38(34-46(41)51)52(37-19-7-4-8-20-37)50-32-29-36(33-44(50)35-17-5-3-6-18-35)39-21-10-14-26-47(39)53-48-27-15-11-23-42(48)43-24-12-16-28-49(43)53/h3-34H,1-2H3. The topological polar surface area (TPSA) is 8.17 Å². The lowest BCUT2D eigenvalue weighted by atomic mass is 9.82. The van der Waals surface area contributed by atoms with Gasteiger partial charge >= 0.3 is 0 Å². The van der Waals surface area contributed by atoms with Gasteiger partial charge in [-0.05, 0) is 88.0 Å². The zero-order valence-corrected chi connectivity index (χ0v) is 29.9. The van der Waals surface area contributed by atoms with Crippen LogP contribution in [0.15, 0.2) is 194 Å². The molecule has 0 aliphatic heterocycles. The highest BCUT2D eigenvalue weighted by atomic mass is 15.1. The molecule has 10 rings (SSSR count). The number of hydrogen-bond donors (Lipinski definition) is 0. The fourth-order valence-electron chi connectivity index (χ4n) is 8.68. The van der Waals surface area contributed by atoms with Crippen LogP contribution >= 0.6 is 0 Å². The fraction of sp³-hybridized carbons (Fsp3) is 0.0588. The van der Waals surface area contributed by atoms with Gasteiger partial charge < -0.3 is 9.47 Å². The summed E-state index contributed by atoms with van der Waals surface area (Å²) in [5.74, 6) is 0. The van der Waals surface area contributed by atoms with Crippen LogP contribution in [0.2, 0.25) is 0 Å². The second-order valence-corrected chi connectivity index (χ2v) is 14.6. The molecule has 53 heavy (non-hydrogen) atoms. The molecule has 1 aliphatic rings. The van der Waals surface area contributed by atoms with Crippen molar-refractivity contribution >= 4 is 38.9 Å². The molecule has 0 amide bonds. The number of fused-ring (bicyclic) bond motifs is 6. The predicted octanol–water partition coefficient (Wildman–Crippen LogP) is 13.9. The molecule has 0 saturated carbocycles. The van der Waals surface area contributed by atoms with Crippen molar-refractivity contribution < 1.29 is 0 Å². The summed E-state index contributed by atoms with van der Waals surface area (Å²) in [6.07, 6.45) is 0. The Morgan fingerprint density at radius 1 is 0.396 bits per heavy atom. The van der Waals surface area contributed by atoms with Gasteiger partial charge in [0.15, 0.2) is 0 Å². The van der Waals surface area contributed by atoms with E-state index in [2.05, 4.69) is 217 Å². The van der Waals surface area contributed by atoms with Crippen LogP contribution in [0.5, 0.6) is 0 Å². The Hall–Kier alpha value is -6.64. The third-order valence-electron chi connectivity index (χ3n) is 11.2. The van der Waals surface area contributed by atoms with Gasteiger partial charge in [-0.2, -0.15) is 0 Å². The Labute approximate surface area is 310 Å². The Kier molecular flexibility index (Phi) is 7.19. The second kappa shape index (κ2) is 12.3. The van der Waals surface area contributed by atoms with E-state index < -0.39 is 0 Å². The molecule has 8 aromatic carbocycles. The molecule has 0 spiro atoms. The maximum absolute atomic E-state index is 2.43. The third kappa shape index (κ3) is 4.94. The summed E-state index contributed by atoms with van der Waals surface area (Å²) < 4.78 is 2.43. The number of aromatic nitrogens is 1. The zero-order valence-electron chi connectivity index (χ0n) is 29.9. The largest absolute Gasteiger partial charge is 0.310 e. The summed E-state index contributed by atoms with van der Waals surface area (Å²) in [5.41, 5.74) is 17.0. The van der Waals surface area contributed by atoms with E-state index in [1.807, 2.05) is 0 Å². The minimum atomic E-state index is -0.104. The molecular weight excluding hydrogens is 641 g/mol. The third-order valence-corrected chi connectivity index (χ3v) is 11.2. The highest BCUT2D eigenvalue weighted by molar-refractivity contribution is 6.09. The molecule has 0 saturated heterocycles. The maximum Gasteiger partial charge on any atom is 0.0541 e. The van der Waals surface area contributed by atoms with Crippen LogP contribution in [0.3, 0.4) is 0 Å². The Balaban J connectivity index is 1.19. The van der Waals surface area contributed by atoms with E-state index in [4.69, 9.17) is 0 Å². The summed E-state index contributed by atoms with van der Waals surface area (Å²) in [6.45, 7) is 4.71. The lowest BCUT2D eigenvalue weighted by Crippen LogP contribution is -2.16. The van der Waals surface area contributed by atoms with Gasteiger partial charge in [0.2, 0.25) is 0 Å². The maximum atomic E-state index is 2.43. The summed E-state index contributed by atoms with van der Waals surface area (Å²) in [5, 5.41) is 2.52. The highest BCUT2D eigenvalue weighted by Crippen LogP contribution is 2.51. The lowest BCUT2D eigenvalue weighted by molar-refractivity contribution is 0.660. The molecule has 0 N–H and O–H groups in total. The monoisotopic (exact) mass is 678 g/mol. The van der Waals surface area contributed by atoms with Crippen molar-refractivity contribution in [1.82, 2.24) is 4.57 Å². The van der Waals surface area contributed by atoms with Crippen LogP contribution in [0, 0.1) is 0 Å². The Morgan fingerprint density at radius 3 is 1.72 bits per heavy atom. The normalized spacial score (nSPS) is 12.9. The molecule has 1 heterocycles. The first-order valence-corrected chi connectivity index (χ1v) is 18.4. The zero-order chi connectivity index (χ0) is 35.5. The number of hydrogen-bond acceptors (Lipinski definition) is 1. The van der Waals surface area contributed by atoms with E-state index in [9.17, 15) is 0 Å². The van der Waals surface area contributed by atoms with Gasteiger partial charge in [-0.25, -0.2) is 0 Å². The number of rotatable bonds is 6. The molecule has 9 aromatic rings. The number of benzene rings is 8. The molecule has 252 valence electrons. The van der Waals surface area contributed by atoms with Gasteiger partial charge in [-0.1, -0.05) is 153 Å². The summed E-state index contributed by atoms with van der Waals surface area (Å²) >= 11 is 0. The molecule has 0 fully saturated rings. The van der Waals surface area contributed by atoms with Crippen molar-refractivity contribution in [3.8, 4) is 39.1 Å². The molecule has 2 nitrogen and oxygen atoms in total. The number of nitrogens with zero attached hydrogens (tertiary/aromatic N) is 2. The molecule has 0 radical (unpaired) electrons. The highest BCUT2D eigenvalue weighted by Gasteiger charge is 2.36. The average Bonchev–Trinajstić information content (AvgIpc) is 3.67. The van der Waals surface area contributed by atoms with E-state index in [0.29, 0.717) is 0 Å². The molecule has 0 atom stereocenters. The van der Waals surface area contributed by atoms with E-state index in [1.165, 1.54) is 66.3 Å². The van der Waals surface area contributed by atoms with Gasteiger partial charge in [0, 0.05) is 38.7 Å². The van der Waals surface area contributed by atoms with E-state index in [1.54, 1.807) is 0 Å². The van der Waals surface area contributed by atoms with Crippen LogP contribution in [0.4, 0.5) is 17.1 Å². The first-order chi connectivity index (χ1) is 26.1. The van der Waals surface area contributed by atoms with E-state index in [-0.39, 0.29) is 5.41 Å². The first kappa shape index (κ1) is 31.1. The predicted molar refractivity (Wildman–Crippen MR) is 224 cm³/mol. The fourth-order valence-corrected chi connectivity index (χ4v) is 8.68. The van der Waals surface area contributed by atoms with Crippen LogP contribution in [-0.4, -0.2) is 4.57 Å². The van der Waals surface area contributed by atoms with Crippen molar-refractivity contribution in [3.05, 3.63) is 205 Å². The minimum Gasteiger partial charge on any atom is -0.310 e. The first-order valence-electron chi connectivity index (χ1n) is 18.4. The van der Waals surface area contributed by atoms with Crippen LogP contribution in [0.1, 0.15) is 25.0 Å². The number of para-hydroxylation sites is 4. The van der Waals surface area contributed by atoms with E-state index in [0.717, 1.165) is 22.7 Å². The Morgan fingerprint density at radius 2 is 0.981 bits per heavy atom. The van der Waals surface area contributed by atoms with Crippen LogP contribution in [0.25, 0.3) is 60.9 Å². The van der Waals surface area contributed by atoms with Crippen molar-refractivity contribution in [2.75, 3.05) is 4.90 Å². The molecule has 1 aliphatic carbocycles. The van der Waals surface area contributed by atoms with Crippen LogP contribution < -0.4 is 4.90 Å². The molecule has 0 unspecified atom stereocenters. The number of anilines is 3. The lowest BCUT2D eigenvalue weighted by Gasteiger charge is -2.30. The second-order valence-electron chi connectivity index (χ2n) is 14.6. The quantitative estimate of drug-likeness (QED) is 0.170. The van der Waals surface area contributed by atoms with Gasteiger partial charge in [0.05, 0.1) is 22.4 Å². The molecular formula is C51H38N2.